The first-order chi connectivity index (χ1) is 15.2. The smallest absolute Gasteiger partial charge is 0.263 e. The van der Waals surface area contributed by atoms with Gasteiger partial charge in [0.1, 0.15) is 23.7 Å². The molecule has 166 valence electrons. The summed E-state index contributed by atoms with van der Waals surface area (Å²) in [6.45, 7) is 7.90. The minimum absolute atomic E-state index is 0.0899. The number of nitrogens with zero attached hydrogens (tertiary/aromatic N) is 5. The Balaban J connectivity index is 1.47. The molecular formula is C23H32N6O2. The van der Waals surface area contributed by atoms with E-state index in [0.717, 1.165) is 37.6 Å². The van der Waals surface area contributed by atoms with Gasteiger partial charge in [0.25, 0.3) is 5.91 Å². The minimum Gasteiger partial charge on any atom is -0.492 e. The number of carbonyl (C=O) groups excluding carboxylic acids is 1. The third-order valence-corrected chi connectivity index (χ3v) is 5.85. The molecular weight excluding hydrogens is 392 g/mol. The minimum atomic E-state index is -0.0899. The molecule has 1 saturated heterocycles. The number of fused-ring (bicyclic) bond motifs is 1. The number of likely N-dealkylation sites (tertiary alicyclic amines) is 1. The van der Waals surface area contributed by atoms with Crippen LogP contribution in [0.25, 0.3) is 0 Å². The van der Waals surface area contributed by atoms with Crippen molar-refractivity contribution in [3.63, 3.8) is 0 Å². The Morgan fingerprint density at radius 3 is 2.77 bits per heavy atom. The molecule has 1 N–H and O–H groups in total. The fourth-order valence-electron chi connectivity index (χ4n) is 4.12. The topological polar surface area (TPSA) is 73.8 Å². The van der Waals surface area contributed by atoms with Crippen LogP contribution in [-0.2, 0) is 0 Å². The van der Waals surface area contributed by atoms with Crippen molar-refractivity contribution in [2.45, 2.75) is 26.2 Å². The highest BCUT2D eigenvalue weighted by Gasteiger charge is 2.28. The van der Waals surface area contributed by atoms with Gasteiger partial charge in [-0.3, -0.25) is 9.69 Å². The van der Waals surface area contributed by atoms with Gasteiger partial charge in [0.2, 0.25) is 5.95 Å². The molecule has 0 unspecified atom stereocenters. The number of anilines is 3. The average Bonchev–Trinajstić information content (AvgIpc) is 2.91. The Morgan fingerprint density at radius 2 is 1.97 bits per heavy atom. The number of aromatic nitrogens is 2. The van der Waals surface area contributed by atoms with E-state index < -0.39 is 0 Å². The van der Waals surface area contributed by atoms with Gasteiger partial charge in [-0.25, -0.2) is 4.98 Å². The van der Waals surface area contributed by atoms with Crippen LogP contribution in [0.3, 0.4) is 0 Å². The van der Waals surface area contributed by atoms with Gasteiger partial charge in [-0.2, -0.15) is 4.98 Å². The molecule has 31 heavy (non-hydrogen) atoms. The van der Waals surface area contributed by atoms with E-state index in [4.69, 9.17) is 4.74 Å². The summed E-state index contributed by atoms with van der Waals surface area (Å²) in [4.78, 5) is 28.5. The van der Waals surface area contributed by atoms with E-state index in [2.05, 4.69) is 20.2 Å². The first-order valence-corrected chi connectivity index (χ1v) is 11.2. The largest absolute Gasteiger partial charge is 0.492 e. The van der Waals surface area contributed by atoms with Crippen molar-refractivity contribution in [2.75, 3.05) is 68.0 Å². The van der Waals surface area contributed by atoms with E-state index in [1.165, 1.54) is 19.3 Å². The van der Waals surface area contributed by atoms with E-state index in [-0.39, 0.29) is 5.91 Å². The second kappa shape index (κ2) is 9.96. The lowest BCUT2D eigenvalue weighted by Crippen LogP contribution is -2.34. The highest BCUT2D eigenvalue weighted by Crippen LogP contribution is 2.28. The van der Waals surface area contributed by atoms with Crippen LogP contribution in [0.4, 0.5) is 17.5 Å². The molecule has 1 amide bonds. The lowest BCUT2D eigenvalue weighted by Gasteiger charge is -2.26. The molecule has 0 saturated carbocycles. The number of likely N-dealkylation sites (N-methyl/N-ethyl adjacent to an activating group) is 1. The number of hydrogen-bond acceptors (Lipinski definition) is 7. The fraction of sp³-hybridized carbons (Fsp3) is 0.522. The molecule has 0 radical (unpaired) electrons. The maximum atomic E-state index is 13.3. The maximum Gasteiger partial charge on any atom is 0.263 e. The summed E-state index contributed by atoms with van der Waals surface area (Å²) in [7, 11) is 1.96. The fourth-order valence-corrected chi connectivity index (χ4v) is 4.12. The zero-order valence-electron chi connectivity index (χ0n) is 18.5. The number of rotatable bonds is 7. The quantitative estimate of drug-likeness (QED) is 0.733. The third-order valence-electron chi connectivity index (χ3n) is 5.85. The Bertz CT molecular complexity index is 899. The van der Waals surface area contributed by atoms with Crippen LogP contribution in [0.1, 0.15) is 36.5 Å². The van der Waals surface area contributed by atoms with Crippen LogP contribution in [0.5, 0.6) is 5.75 Å². The third kappa shape index (κ3) is 5.07. The van der Waals surface area contributed by atoms with Crippen molar-refractivity contribution in [1.82, 2.24) is 14.9 Å². The van der Waals surface area contributed by atoms with Gasteiger partial charge < -0.3 is 19.9 Å². The van der Waals surface area contributed by atoms with E-state index in [9.17, 15) is 4.79 Å². The summed E-state index contributed by atoms with van der Waals surface area (Å²) in [6, 6.07) is 7.80. The molecule has 0 bridgehead atoms. The lowest BCUT2D eigenvalue weighted by molar-refractivity contribution is 0.0989. The summed E-state index contributed by atoms with van der Waals surface area (Å²) in [5, 5.41) is 3.11. The van der Waals surface area contributed by atoms with Gasteiger partial charge in [-0.15, -0.1) is 0 Å². The molecule has 1 aromatic carbocycles. The first-order valence-electron chi connectivity index (χ1n) is 11.2. The molecule has 8 heteroatoms. The normalized spacial score (nSPS) is 17.3. The van der Waals surface area contributed by atoms with Crippen molar-refractivity contribution < 1.29 is 9.53 Å². The predicted octanol–water partition coefficient (Wildman–Crippen LogP) is 2.87. The Labute approximate surface area is 184 Å². The standard InChI is InChI=1S/C23H32N6O2/c1-3-24-23-25-17-20-21(26-23)27(2)12-13-29(22(20)30)18-8-7-9-19(16-18)31-15-14-28-10-5-4-6-11-28/h7-9,16-17H,3-6,10-15H2,1-2H3,(H,24,25,26). The highest BCUT2D eigenvalue weighted by atomic mass is 16.5. The van der Waals surface area contributed by atoms with Crippen LogP contribution in [-0.4, -0.2) is 73.7 Å². The van der Waals surface area contributed by atoms with Crippen molar-refractivity contribution >= 4 is 23.4 Å². The summed E-state index contributed by atoms with van der Waals surface area (Å²) < 4.78 is 6.02. The second-order valence-corrected chi connectivity index (χ2v) is 8.09. The van der Waals surface area contributed by atoms with Gasteiger partial charge >= 0.3 is 0 Å². The molecule has 1 aromatic heterocycles. The number of amides is 1. The SMILES string of the molecule is CCNc1ncc2c(n1)N(C)CCN(c1cccc(OCCN3CCCCC3)c1)C2=O. The van der Waals surface area contributed by atoms with Gasteiger partial charge in [0, 0.05) is 51.2 Å². The Morgan fingerprint density at radius 1 is 1.13 bits per heavy atom. The first kappa shape index (κ1) is 21.4. The van der Waals surface area contributed by atoms with Crippen molar-refractivity contribution in [3.8, 4) is 5.75 Å². The van der Waals surface area contributed by atoms with E-state index in [1.807, 2.05) is 43.1 Å². The molecule has 0 atom stereocenters. The van der Waals surface area contributed by atoms with Crippen LogP contribution in [0, 0.1) is 0 Å². The van der Waals surface area contributed by atoms with Crippen molar-refractivity contribution in [1.29, 1.82) is 0 Å². The molecule has 2 aliphatic rings. The number of piperidine rings is 1. The number of hydrogen-bond donors (Lipinski definition) is 1. The molecule has 1 fully saturated rings. The van der Waals surface area contributed by atoms with Crippen LogP contribution < -0.4 is 19.9 Å². The van der Waals surface area contributed by atoms with Crippen LogP contribution >= 0.6 is 0 Å². The molecule has 0 aliphatic carbocycles. The van der Waals surface area contributed by atoms with Crippen LogP contribution in [0.2, 0.25) is 0 Å². The monoisotopic (exact) mass is 424 g/mol. The van der Waals surface area contributed by atoms with Gasteiger partial charge in [0.05, 0.1) is 0 Å². The molecule has 3 heterocycles. The number of carbonyl (C=O) groups is 1. The highest BCUT2D eigenvalue weighted by molar-refractivity contribution is 6.09. The summed E-state index contributed by atoms with van der Waals surface area (Å²) in [5.74, 6) is 1.90. The molecule has 2 aromatic rings. The van der Waals surface area contributed by atoms with Crippen molar-refractivity contribution in [3.05, 3.63) is 36.0 Å². The zero-order chi connectivity index (χ0) is 21.6. The average molecular weight is 425 g/mol. The predicted molar refractivity (Wildman–Crippen MR) is 123 cm³/mol. The molecule has 8 nitrogen and oxygen atoms in total. The number of ether oxygens (including phenoxy) is 1. The lowest BCUT2D eigenvalue weighted by atomic mass is 10.1. The zero-order valence-corrected chi connectivity index (χ0v) is 18.5. The summed E-state index contributed by atoms with van der Waals surface area (Å²) >= 11 is 0. The molecule has 4 rings (SSSR count). The van der Waals surface area contributed by atoms with Gasteiger partial charge in [-0.05, 0) is 45.0 Å². The summed E-state index contributed by atoms with van der Waals surface area (Å²) in [6.07, 6.45) is 5.52. The van der Waals surface area contributed by atoms with E-state index >= 15 is 0 Å². The number of nitrogens with one attached hydrogen (secondary N) is 1. The summed E-state index contributed by atoms with van der Waals surface area (Å²) in [5.41, 5.74) is 1.34. The Hall–Kier alpha value is -2.87. The molecule has 2 aliphatic heterocycles. The van der Waals surface area contributed by atoms with Crippen LogP contribution in [0.15, 0.2) is 30.5 Å². The van der Waals surface area contributed by atoms with Gasteiger partial charge in [-0.1, -0.05) is 12.5 Å². The second-order valence-electron chi connectivity index (χ2n) is 8.09. The van der Waals surface area contributed by atoms with E-state index in [0.29, 0.717) is 37.0 Å². The maximum absolute atomic E-state index is 13.3. The van der Waals surface area contributed by atoms with Gasteiger partial charge in [0.15, 0.2) is 0 Å². The van der Waals surface area contributed by atoms with E-state index in [1.54, 1.807) is 11.1 Å². The number of benzene rings is 1. The molecule has 0 spiro atoms. The Kier molecular flexibility index (Phi) is 6.86. The van der Waals surface area contributed by atoms with Crippen molar-refractivity contribution in [2.24, 2.45) is 0 Å².